The summed E-state index contributed by atoms with van der Waals surface area (Å²) in [5.41, 5.74) is 0.429. The van der Waals surface area contributed by atoms with Crippen molar-refractivity contribution < 1.29 is 4.79 Å². The zero-order chi connectivity index (χ0) is 10.2. The van der Waals surface area contributed by atoms with E-state index in [-0.39, 0.29) is 5.91 Å². The highest BCUT2D eigenvalue weighted by Gasteiger charge is 2.40. The van der Waals surface area contributed by atoms with Crippen molar-refractivity contribution in [3.63, 3.8) is 0 Å². The van der Waals surface area contributed by atoms with E-state index in [9.17, 15) is 4.79 Å². The Balaban J connectivity index is 2.03. The van der Waals surface area contributed by atoms with E-state index in [4.69, 9.17) is 0 Å². The van der Waals surface area contributed by atoms with Crippen LogP contribution < -0.4 is 0 Å². The lowest BCUT2D eigenvalue weighted by Crippen LogP contribution is -2.46. The molecule has 0 aromatic carbocycles. The van der Waals surface area contributed by atoms with E-state index in [2.05, 4.69) is 11.9 Å². The fraction of sp³-hybridized carbons (Fsp3) is 0.909. The fourth-order valence-electron chi connectivity index (χ4n) is 2.97. The van der Waals surface area contributed by atoms with Crippen LogP contribution in [0.1, 0.15) is 26.2 Å². The number of carbonyl (C=O) groups excluding carboxylic acids is 1. The van der Waals surface area contributed by atoms with Crippen molar-refractivity contribution in [1.29, 1.82) is 0 Å². The zero-order valence-electron chi connectivity index (χ0n) is 9.25. The van der Waals surface area contributed by atoms with E-state index >= 15 is 0 Å². The second kappa shape index (κ2) is 3.54. The van der Waals surface area contributed by atoms with Crippen molar-refractivity contribution in [2.24, 2.45) is 5.41 Å². The van der Waals surface area contributed by atoms with Gasteiger partial charge in [-0.1, -0.05) is 0 Å². The molecule has 3 heteroatoms. The summed E-state index contributed by atoms with van der Waals surface area (Å²) in [7, 11) is 2.18. The van der Waals surface area contributed by atoms with Gasteiger partial charge in [0.1, 0.15) is 0 Å². The van der Waals surface area contributed by atoms with Crippen LogP contribution in [-0.2, 0) is 4.79 Å². The molecule has 2 rings (SSSR count). The number of nitrogens with zero attached hydrogens (tertiary/aromatic N) is 2. The van der Waals surface area contributed by atoms with Crippen molar-refractivity contribution in [3.05, 3.63) is 0 Å². The minimum atomic E-state index is 0.249. The van der Waals surface area contributed by atoms with Gasteiger partial charge in [-0.2, -0.15) is 0 Å². The zero-order valence-corrected chi connectivity index (χ0v) is 9.25. The van der Waals surface area contributed by atoms with Crippen LogP contribution in [0.25, 0.3) is 0 Å². The van der Waals surface area contributed by atoms with E-state index in [0.29, 0.717) is 5.41 Å². The van der Waals surface area contributed by atoms with Crippen molar-refractivity contribution >= 4 is 5.91 Å². The van der Waals surface area contributed by atoms with Crippen molar-refractivity contribution in [3.8, 4) is 0 Å². The molecule has 2 aliphatic heterocycles. The van der Waals surface area contributed by atoms with Gasteiger partial charge >= 0.3 is 0 Å². The van der Waals surface area contributed by atoms with Crippen LogP contribution >= 0.6 is 0 Å². The van der Waals surface area contributed by atoms with E-state index in [1.54, 1.807) is 6.92 Å². The van der Waals surface area contributed by atoms with Gasteiger partial charge in [0, 0.05) is 32.0 Å². The van der Waals surface area contributed by atoms with Crippen LogP contribution in [0.15, 0.2) is 0 Å². The summed E-state index contributed by atoms with van der Waals surface area (Å²) in [6.45, 7) is 6.04. The van der Waals surface area contributed by atoms with Gasteiger partial charge in [0.05, 0.1) is 0 Å². The SMILES string of the molecule is CC(=O)N1CCCC2(CCN(C)C2)C1. The maximum absolute atomic E-state index is 11.3. The summed E-state index contributed by atoms with van der Waals surface area (Å²) in [5.74, 6) is 0.249. The predicted octanol–water partition coefficient (Wildman–Crippen LogP) is 0.951. The average molecular weight is 196 g/mol. The highest BCUT2D eigenvalue weighted by molar-refractivity contribution is 5.73. The van der Waals surface area contributed by atoms with Gasteiger partial charge in [0.2, 0.25) is 5.91 Å². The van der Waals surface area contributed by atoms with Crippen molar-refractivity contribution in [1.82, 2.24) is 9.80 Å². The Bertz CT molecular complexity index is 237. The van der Waals surface area contributed by atoms with E-state index in [1.165, 1.54) is 32.4 Å². The van der Waals surface area contributed by atoms with Gasteiger partial charge in [0.25, 0.3) is 0 Å². The quantitative estimate of drug-likeness (QED) is 0.576. The first kappa shape index (κ1) is 9.97. The molecule has 1 spiro atoms. The van der Waals surface area contributed by atoms with Gasteiger partial charge in [-0.3, -0.25) is 4.79 Å². The van der Waals surface area contributed by atoms with Gasteiger partial charge < -0.3 is 9.80 Å². The molecule has 0 N–H and O–H groups in total. The highest BCUT2D eigenvalue weighted by atomic mass is 16.2. The summed E-state index contributed by atoms with van der Waals surface area (Å²) >= 11 is 0. The van der Waals surface area contributed by atoms with Crippen LogP contribution in [0.4, 0.5) is 0 Å². The van der Waals surface area contributed by atoms with Crippen LogP contribution in [0.3, 0.4) is 0 Å². The summed E-state index contributed by atoms with van der Waals surface area (Å²) in [6.07, 6.45) is 3.77. The molecule has 0 radical (unpaired) electrons. The first-order valence-corrected chi connectivity index (χ1v) is 5.55. The summed E-state index contributed by atoms with van der Waals surface area (Å²) in [6, 6.07) is 0. The Morgan fingerprint density at radius 1 is 1.21 bits per heavy atom. The van der Waals surface area contributed by atoms with Crippen LogP contribution in [0.2, 0.25) is 0 Å². The summed E-state index contributed by atoms with van der Waals surface area (Å²) < 4.78 is 0. The van der Waals surface area contributed by atoms with Gasteiger partial charge in [0.15, 0.2) is 0 Å². The Morgan fingerprint density at radius 2 is 2.00 bits per heavy atom. The standard InChI is InChI=1S/C11H20N2O/c1-10(14)13-6-3-4-11(9-13)5-7-12(2)8-11/h3-9H2,1-2H3. The molecule has 0 aromatic heterocycles. The normalized spacial score (nSPS) is 34.0. The topological polar surface area (TPSA) is 23.6 Å². The number of hydrogen-bond donors (Lipinski definition) is 0. The minimum absolute atomic E-state index is 0.249. The Labute approximate surface area is 86.1 Å². The molecule has 0 aliphatic carbocycles. The molecule has 2 saturated heterocycles. The smallest absolute Gasteiger partial charge is 0.219 e. The fourth-order valence-corrected chi connectivity index (χ4v) is 2.97. The van der Waals surface area contributed by atoms with E-state index in [0.717, 1.165) is 13.1 Å². The maximum atomic E-state index is 11.3. The molecule has 3 nitrogen and oxygen atoms in total. The highest BCUT2D eigenvalue weighted by Crippen LogP contribution is 2.38. The molecule has 1 atom stereocenters. The lowest BCUT2D eigenvalue weighted by Gasteiger charge is -2.40. The third-order valence-electron chi connectivity index (χ3n) is 3.74. The maximum Gasteiger partial charge on any atom is 0.219 e. The van der Waals surface area contributed by atoms with Crippen LogP contribution in [-0.4, -0.2) is 48.9 Å². The summed E-state index contributed by atoms with van der Waals surface area (Å²) in [4.78, 5) is 15.8. The van der Waals surface area contributed by atoms with Gasteiger partial charge in [-0.05, 0) is 32.9 Å². The monoisotopic (exact) mass is 196 g/mol. The molecule has 1 unspecified atom stereocenters. The van der Waals surface area contributed by atoms with E-state index in [1.807, 2.05) is 4.90 Å². The molecule has 2 aliphatic rings. The molecule has 80 valence electrons. The number of hydrogen-bond acceptors (Lipinski definition) is 2. The number of likely N-dealkylation sites (tertiary alicyclic amines) is 2. The lowest BCUT2D eigenvalue weighted by atomic mass is 9.79. The molecule has 2 heterocycles. The van der Waals surface area contributed by atoms with Crippen LogP contribution in [0, 0.1) is 5.41 Å². The Morgan fingerprint density at radius 3 is 2.57 bits per heavy atom. The van der Waals surface area contributed by atoms with Gasteiger partial charge in [-0.25, -0.2) is 0 Å². The Kier molecular flexibility index (Phi) is 2.52. The molecular weight excluding hydrogens is 176 g/mol. The number of amides is 1. The molecule has 0 bridgehead atoms. The van der Waals surface area contributed by atoms with Crippen LogP contribution in [0.5, 0.6) is 0 Å². The number of carbonyl (C=O) groups is 1. The van der Waals surface area contributed by atoms with Gasteiger partial charge in [-0.15, -0.1) is 0 Å². The molecule has 14 heavy (non-hydrogen) atoms. The molecular formula is C11H20N2O. The average Bonchev–Trinajstić information content (AvgIpc) is 2.47. The third kappa shape index (κ3) is 1.78. The lowest BCUT2D eigenvalue weighted by molar-refractivity contribution is -0.132. The number of rotatable bonds is 0. The Hall–Kier alpha value is -0.570. The first-order chi connectivity index (χ1) is 6.61. The minimum Gasteiger partial charge on any atom is -0.342 e. The molecule has 0 saturated carbocycles. The van der Waals surface area contributed by atoms with Crippen molar-refractivity contribution in [2.75, 3.05) is 33.2 Å². The predicted molar refractivity (Wildman–Crippen MR) is 56.0 cm³/mol. The second-order valence-electron chi connectivity index (χ2n) is 5.03. The summed E-state index contributed by atoms with van der Waals surface area (Å²) in [5, 5.41) is 0. The molecule has 2 fully saturated rings. The third-order valence-corrected chi connectivity index (χ3v) is 3.74. The van der Waals surface area contributed by atoms with Crippen molar-refractivity contribution in [2.45, 2.75) is 26.2 Å². The first-order valence-electron chi connectivity index (χ1n) is 5.55. The molecule has 0 aromatic rings. The molecule has 1 amide bonds. The number of piperidine rings is 1. The second-order valence-corrected chi connectivity index (χ2v) is 5.03. The van der Waals surface area contributed by atoms with E-state index < -0.39 is 0 Å². The largest absolute Gasteiger partial charge is 0.342 e.